The first-order valence-electron chi connectivity index (χ1n) is 7.98. The number of hydrogen-bond donors (Lipinski definition) is 1. The highest BCUT2D eigenvalue weighted by Gasteiger charge is 2.35. The number of amides is 2. The van der Waals surface area contributed by atoms with Crippen LogP contribution in [0.4, 0.5) is 11.4 Å². The molecule has 1 heterocycles. The van der Waals surface area contributed by atoms with E-state index in [1.165, 1.54) is 0 Å². The summed E-state index contributed by atoms with van der Waals surface area (Å²) in [6.45, 7) is 4.15. The minimum absolute atomic E-state index is 0.0764. The second-order valence-electron chi connectivity index (χ2n) is 6.29. The predicted molar refractivity (Wildman–Crippen MR) is 101 cm³/mol. The summed E-state index contributed by atoms with van der Waals surface area (Å²) in [7, 11) is 0. The van der Waals surface area contributed by atoms with E-state index in [0.717, 1.165) is 16.8 Å². The van der Waals surface area contributed by atoms with Gasteiger partial charge < -0.3 is 10.2 Å². The maximum atomic E-state index is 12.5. The van der Waals surface area contributed by atoms with Crippen LogP contribution >= 0.6 is 23.2 Å². The van der Waals surface area contributed by atoms with Gasteiger partial charge in [-0.2, -0.15) is 0 Å². The average Bonchev–Trinajstić information content (AvgIpc) is 2.95. The Balaban J connectivity index is 1.74. The Morgan fingerprint density at radius 2 is 1.84 bits per heavy atom. The molecule has 4 nitrogen and oxygen atoms in total. The molecule has 1 saturated heterocycles. The molecule has 0 saturated carbocycles. The van der Waals surface area contributed by atoms with Crippen LogP contribution in [0, 0.1) is 19.8 Å². The quantitative estimate of drug-likeness (QED) is 0.850. The Kier molecular flexibility index (Phi) is 5.02. The molecule has 6 heteroatoms. The van der Waals surface area contributed by atoms with Crippen LogP contribution in [-0.4, -0.2) is 18.4 Å². The lowest BCUT2D eigenvalue weighted by Crippen LogP contribution is -2.28. The molecular formula is C19H18Cl2N2O2. The van der Waals surface area contributed by atoms with Gasteiger partial charge in [0, 0.05) is 34.4 Å². The molecule has 2 aromatic carbocycles. The number of carbonyl (C=O) groups excluding carboxylic acids is 2. The molecule has 0 radical (unpaired) electrons. The van der Waals surface area contributed by atoms with Crippen LogP contribution in [0.25, 0.3) is 0 Å². The first-order chi connectivity index (χ1) is 11.8. The van der Waals surface area contributed by atoms with E-state index >= 15 is 0 Å². The SMILES string of the molecule is Cc1ccc(NC(=O)C2CC(=O)N(c3cc(Cl)ccc3C)C2)cc1Cl. The third-order valence-corrected chi connectivity index (χ3v) is 5.04. The average molecular weight is 377 g/mol. The highest BCUT2D eigenvalue weighted by Crippen LogP contribution is 2.31. The second-order valence-corrected chi connectivity index (χ2v) is 7.13. The Morgan fingerprint density at radius 3 is 2.56 bits per heavy atom. The van der Waals surface area contributed by atoms with Crippen molar-refractivity contribution < 1.29 is 9.59 Å². The molecule has 1 aliphatic rings. The maximum absolute atomic E-state index is 12.5. The molecule has 0 aromatic heterocycles. The van der Waals surface area contributed by atoms with E-state index in [1.54, 1.807) is 29.2 Å². The van der Waals surface area contributed by atoms with Gasteiger partial charge in [-0.05, 0) is 49.2 Å². The molecule has 25 heavy (non-hydrogen) atoms. The largest absolute Gasteiger partial charge is 0.326 e. The van der Waals surface area contributed by atoms with E-state index in [9.17, 15) is 9.59 Å². The van der Waals surface area contributed by atoms with Gasteiger partial charge in [0.25, 0.3) is 0 Å². The Labute approximate surface area is 156 Å². The van der Waals surface area contributed by atoms with Gasteiger partial charge in [-0.15, -0.1) is 0 Å². The zero-order valence-electron chi connectivity index (χ0n) is 14.0. The van der Waals surface area contributed by atoms with E-state index in [2.05, 4.69) is 5.32 Å². The summed E-state index contributed by atoms with van der Waals surface area (Å²) in [4.78, 5) is 26.5. The third-order valence-electron chi connectivity index (χ3n) is 4.40. The van der Waals surface area contributed by atoms with Crippen LogP contribution < -0.4 is 10.2 Å². The Bertz CT molecular complexity index is 851. The lowest BCUT2D eigenvalue weighted by atomic mass is 10.1. The van der Waals surface area contributed by atoms with E-state index in [1.807, 2.05) is 26.0 Å². The van der Waals surface area contributed by atoms with Gasteiger partial charge in [-0.3, -0.25) is 9.59 Å². The summed E-state index contributed by atoms with van der Waals surface area (Å²) in [5.41, 5.74) is 3.28. The van der Waals surface area contributed by atoms with Crippen molar-refractivity contribution in [2.45, 2.75) is 20.3 Å². The number of anilines is 2. The highest BCUT2D eigenvalue weighted by atomic mass is 35.5. The Hall–Kier alpha value is -2.04. The topological polar surface area (TPSA) is 49.4 Å². The Morgan fingerprint density at radius 1 is 1.12 bits per heavy atom. The molecule has 2 amide bonds. The summed E-state index contributed by atoms with van der Waals surface area (Å²) in [5, 5.41) is 4.00. The van der Waals surface area contributed by atoms with Crippen molar-refractivity contribution in [3.05, 3.63) is 57.6 Å². The van der Waals surface area contributed by atoms with Gasteiger partial charge in [-0.25, -0.2) is 0 Å². The minimum atomic E-state index is -0.411. The van der Waals surface area contributed by atoms with Gasteiger partial charge in [0.15, 0.2) is 0 Å². The number of aryl methyl sites for hydroxylation is 2. The predicted octanol–water partition coefficient (Wildman–Crippen LogP) is 4.60. The number of halogens is 2. The van der Waals surface area contributed by atoms with E-state index in [4.69, 9.17) is 23.2 Å². The van der Waals surface area contributed by atoms with E-state index in [0.29, 0.717) is 22.3 Å². The molecular weight excluding hydrogens is 359 g/mol. The van der Waals surface area contributed by atoms with Crippen LogP contribution in [-0.2, 0) is 9.59 Å². The molecule has 1 fully saturated rings. The minimum Gasteiger partial charge on any atom is -0.326 e. The lowest BCUT2D eigenvalue weighted by molar-refractivity contribution is -0.122. The molecule has 130 valence electrons. The molecule has 1 unspecified atom stereocenters. The van der Waals surface area contributed by atoms with Crippen LogP contribution in [0.1, 0.15) is 17.5 Å². The van der Waals surface area contributed by atoms with Crippen LogP contribution in [0.3, 0.4) is 0 Å². The zero-order valence-corrected chi connectivity index (χ0v) is 15.5. The summed E-state index contributed by atoms with van der Waals surface area (Å²) < 4.78 is 0. The fraction of sp³-hybridized carbons (Fsp3) is 0.263. The van der Waals surface area contributed by atoms with Crippen molar-refractivity contribution in [3.8, 4) is 0 Å². The number of benzene rings is 2. The fourth-order valence-electron chi connectivity index (χ4n) is 2.90. The molecule has 0 aliphatic carbocycles. The normalized spacial score (nSPS) is 17.0. The van der Waals surface area contributed by atoms with Gasteiger partial charge in [0.1, 0.15) is 0 Å². The zero-order chi connectivity index (χ0) is 18.1. The summed E-state index contributed by atoms with van der Waals surface area (Å²) in [6, 6.07) is 10.8. The molecule has 1 N–H and O–H groups in total. The molecule has 2 aromatic rings. The summed E-state index contributed by atoms with van der Waals surface area (Å²) >= 11 is 12.1. The number of nitrogens with one attached hydrogen (secondary N) is 1. The van der Waals surface area contributed by atoms with Crippen molar-refractivity contribution in [2.24, 2.45) is 5.92 Å². The van der Waals surface area contributed by atoms with Crippen molar-refractivity contribution in [1.82, 2.24) is 0 Å². The van der Waals surface area contributed by atoms with Crippen LogP contribution in [0.5, 0.6) is 0 Å². The van der Waals surface area contributed by atoms with Crippen molar-refractivity contribution in [1.29, 1.82) is 0 Å². The smallest absolute Gasteiger partial charge is 0.229 e. The van der Waals surface area contributed by atoms with Crippen molar-refractivity contribution in [2.75, 3.05) is 16.8 Å². The molecule has 1 aliphatic heterocycles. The third kappa shape index (κ3) is 3.80. The standard InChI is InChI=1S/C19H18Cl2N2O2/c1-11-4-6-15(9-16(11)21)22-19(25)13-7-18(24)23(10-13)17-8-14(20)5-3-12(17)2/h3-6,8-9,13H,7,10H2,1-2H3,(H,22,25). The maximum Gasteiger partial charge on any atom is 0.229 e. The monoisotopic (exact) mass is 376 g/mol. The highest BCUT2D eigenvalue weighted by molar-refractivity contribution is 6.31. The molecule has 0 spiro atoms. The number of nitrogens with zero attached hydrogens (tertiary/aromatic N) is 1. The van der Waals surface area contributed by atoms with Crippen molar-refractivity contribution in [3.63, 3.8) is 0 Å². The molecule has 0 bridgehead atoms. The number of carbonyl (C=O) groups is 2. The van der Waals surface area contributed by atoms with Crippen LogP contribution in [0.15, 0.2) is 36.4 Å². The van der Waals surface area contributed by atoms with Gasteiger partial charge in [0.05, 0.1) is 5.92 Å². The van der Waals surface area contributed by atoms with Gasteiger partial charge >= 0.3 is 0 Å². The molecule has 1 atom stereocenters. The first kappa shape index (κ1) is 17.8. The lowest BCUT2D eigenvalue weighted by Gasteiger charge is -2.19. The van der Waals surface area contributed by atoms with Crippen molar-refractivity contribution >= 4 is 46.4 Å². The van der Waals surface area contributed by atoms with Crippen LogP contribution in [0.2, 0.25) is 10.0 Å². The first-order valence-corrected chi connectivity index (χ1v) is 8.74. The summed E-state index contributed by atoms with van der Waals surface area (Å²) in [5.74, 6) is -0.672. The second kappa shape index (κ2) is 7.06. The number of rotatable bonds is 3. The fourth-order valence-corrected chi connectivity index (χ4v) is 3.25. The summed E-state index contributed by atoms with van der Waals surface area (Å²) in [6.07, 6.45) is 0.178. The number of hydrogen-bond acceptors (Lipinski definition) is 2. The van der Waals surface area contributed by atoms with E-state index < -0.39 is 5.92 Å². The van der Waals surface area contributed by atoms with E-state index in [-0.39, 0.29) is 18.2 Å². The molecule has 3 rings (SSSR count). The van der Waals surface area contributed by atoms with Gasteiger partial charge in [0.2, 0.25) is 11.8 Å². The van der Waals surface area contributed by atoms with Gasteiger partial charge in [-0.1, -0.05) is 35.3 Å².